The van der Waals surface area contributed by atoms with Crippen LogP contribution in [0.4, 0.5) is 0 Å². The normalized spacial score (nSPS) is 30.0. The van der Waals surface area contributed by atoms with Crippen molar-refractivity contribution in [2.45, 2.75) is 365 Å². The maximum atomic E-state index is 5.95. The number of rotatable bonds is 22. The van der Waals surface area contributed by atoms with Gasteiger partial charge < -0.3 is 31.1 Å². The number of nitrogens with zero attached hydrogens (tertiary/aromatic N) is 16. The Balaban J connectivity index is 0.951. The minimum atomic E-state index is -0.0901. The zero-order valence-electron chi connectivity index (χ0n) is 68.0. The molecular formula is C83H144N20. The van der Waals surface area contributed by atoms with Crippen LogP contribution in [0.5, 0.6) is 0 Å². The van der Waals surface area contributed by atoms with Crippen LogP contribution in [0, 0.1) is 0 Å². The first-order valence-electron chi connectivity index (χ1n) is 42.0. The molecule has 4 aliphatic carbocycles. The summed E-state index contributed by atoms with van der Waals surface area (Å²) in [6.07, 6.45) is 30.9. The fourth-order valence-electron chi connectivity index (χ4n) is 21.6. The summed E-state index contributed by atoms with van der Waals surface area (Å²) >= 11 is 0. The van der Waals surface area contributed by atoms with E-state index in [4.69, 9.17) is 49.9 Å². The van der Waals surface area contributed by atoms with Gasteiger partial charge in [-0.2, -0.15) is 0 Å². The molecule has 8 heterocycles. The summed E-state index contributed by atoms with van der Waals surface area (Å²) in [5, 5.41) is 15.9. The zero-order valence-corrected chi connectivity index (χ0v) is 68.0. The Bertz CT molecular complexity index is 2950. The Morgan fingerprint density at radius 3 is 0.757 bits per heavy atom. The molecule has 103 heavy (non-hydrogen) atoms. The van der Waals surface area contributed by atoms with Gasteiger partial charge in [-0.3, -0.25) is 39.6 Å². The zero-order chi connectivity index (χ0) is 73.0. The summed E-state index contributed by atoms with van der Waals surface area (Å²) in [5.41, 5.74) is 3.28. The molecule has 576 valence electrons. The van der Waals surface area contributed by atoms with E-state index in [2.05, 4.69) is 161 Å². The third-order valence-electron chi connectivity index (χ3n) is 24.0. The van der Waals surface area contributed by atoms with E-state index < -0.39 is 0 Å². The average Bonchev–Trinajstić information content (AvgIpc) is 0.790. The van der Waals surface area contributed by atoms with E-state index in [-0.39, 0.29) is 68.5 Å². The third kappa shape index (κ3) is 23.2. The number of aryl methyl sites for hydroxylation is 2. The van der Waals surface area contributed by atoms with Crippen molar-refractivity contribution in [2.75, 3.05) is 105 Å². The number of hydrogen-bond donors (Lipinski definition) is 4. The van der Waals surface area contributed by atoms with Crippen LogP contribution >= 0.6 is 0 Å². The first-order valence-corrected chi connectivity index (χ1v) is 42.0. The molecule has 2 aromatic heterocycles. The molecule has 6 saturated heterocycles. The SMILES string of the molecule is CC1(C)CN(CC(=NC2CCCCC2)c2nc(CCCc3nc(C(CN4CC(C)(C)NC(C)(C)C4)=NC4CCCCC4)nc(C(CN4CC(C)(C)NC(C)(C)C4)=NC4CCC(N5CCCCC5)CC4)n3)nc(C(CN3CC(C)(C)NC(C)(C)C3)=NC3CCC(N4CCCCC4)CC3)n2)CC(C)(C)N1. The van der Waals surface area contributed by atoms with Crippen molar-refractivity contribution < 1.29 is 0 Å². The molecule has 0 aromatic carbocycles. The van der Waals surface area contributed by atoms with Gasteiger partial charge in [-0.1, -0.05) is 51.4 Å². The second-order valence-electron chi connectivity index (χ2n) is 39.8. The predicted octanol–water partition coefficient (Wildman–Crippen LogP) is 11.5. The van der Waals surface area contributed by atoms with Crippen molar-refractivity contribution in [1.29, 1.82) is 0 Å². The Kier molecular flexibility index (Phi) is 25.5. The van der Waals surface area contributed by atoms with Crippen molar-refractivity contribution in [2.24, 2.45) is 20.0 Å². The molecule has 10 aliphatic rings. The third-order valence-corrected chi connectivity index (χ3v) is 24.0. The fourth-order valence-corrected chi connectivity index (χ4v) is 21.6. The molecule has 12 rings (SSSR count). The summed E-state index contributed by atoms with van der Waals surface area (Å²) in [4.78, 5) is 74.0. The second-order valence-corrected chi connectivity index (χ2v) is 39.8. The standard InChI is InChI=1S/C83H144N20/c1-76(2)52-98(53-77(3,4)94-76)48-66(84-60-30-21-17-22-31-60)72-88-70(90-74(92-72)68(50-100-56-80(9,10)96-81(11,12)57-100)86-62-36-40-64(41-37-62)102-44-25-19-26-45-102)34-29-35-71-89-73(67(85-61-32-23-18-24-33-61)49-99-54-78(5,6)95-79(7,8)55-99)93-75(91-71)69(51-101-58-82(13,14)97-83(15,16)59-101)87-63-38-42-65(43-39-63)103-46-27-20-28-47-103/h60-65,94-97H,17-59H2,1-16H3. The second kappa shape index (κ2) is 33.2. The van der Waals surface area contributed by atoms with Crippen LogP contribution in [0.3, 0.4) is 0 Å². The van der Waals surface area contributed by atoms with Crippen molar-refractivity contribution in [3.05, 3.63) is 34.9 Å². The molecule has 0 radical (unpaired) electrons. The van der Waals surface area contributed by atoms with Crippen LogP contribution in [0.2, 0.25) is 0 Å². The van der Waals surface area contributed by atoms with Crippen molar-refractivity contribution >= 4 is 22.8 Å². The lowest BCUT2D eigenvalue weighted by Crippen LogP contribution is -2.67. The van der Waals surface area contributed by atoms with E-state index in [1.807, 2.05) is 0 Å². The molecular weight excluding hydrogens is 1280 g/mol. The van der Waals surface area contributed by atoms with Gasteiger partial charge in [0.25, 0.3) is 0 Å². The highest BCUT2D eigenvalue weighted by Gasteiger charge is 2.43. The largest absolute Gasteiger partial charge is 0.304 e. The fraction of sp³-hybridized carbons (Fsp3) is 0.880. The number of piperazine rings is 4. The van der Waals surface area contributed by atoms with E-state index in [1.54, 1.807) is 0 Å². The van der Waals surface area contributed by atoms with Gasteiger partial charge in [-0.15, -0.1) is 0 Å². The molecule has 4 N–H and O–H groups in total. The van der Waals surface area contributed by atoms with Gasteiger partial charge in [0, 0.05) is 148 Å². The van der Waals surface area contributed by atoms with Crippen LogP contribution in [0.1, 0.15) is 306 Å². The Morgan fingerprint density at radius 1 is 0.291 bits per heavy atom. The van der Waals surface area contributed by atoms with Crippen LogP contribution in [-0.2, 0) is 12.8 Å². The van der Waals surface area contributed by atoms with E-state index in [1.165, 1.54) is 129 Å². The van der Waals surface area contributed by atoms with E-state index in [0.29, 0.717) is 51.1 Å². The topological polar surface area (TPSA) is 194 Å². The van der Waals surface area contributed by atoms with Gasteiger partial charge in [0.1, 0.15) is 11.6 Å². The minimum absolute atomic E-state index is 0.0848. The van der Waals surface area contributed by atoms with E-state index >= 15 is 0 Å². The monoisotopic (exact) mass is 1420 g/mol. The van der Waals surface area contributed by atoms with Gasteiger partial charge in [-0.05, 0) is 246 Å². The molecule has 10 fully saturated rings. The van der Waals surface area contributed by atoms with E-state index in [0.717, 1.165) is 168 Å². The molecule has 0 spiro atoms. The lowest BCUT2D eigenvalue weighted by atomic mass is 9.89. The lowest BCUT2D eigenvalue weighted by molar-refractivity contribution is 0.0898. The average molecular weight is 1420 g/mol. The molecule has 20 heteroatoms. The van der Waals surface area contributed by atoms with Crippen LogP contribution in [0.25, 0.3) is 0 Å². The number of aliphatic imine (C=N–C) groups is 4. The van der Waals surface area contributed by atoms with Gasteiger partial charge in [0.2, 0.25) is 0 Å². The first-order chi connectivity index (χ1) is 48.7. The first kappa shape index (κ1) is 78.9. The Hall–Kier alpha value is -3.70. The molecule has 0 unspecified atom stereocenters. The van der Waals surface area contributed by atoms with Gasteiger partial charge in [0.05, 0.1) is 47.0 Å². The highest BCUT2D eigenvalue weighted by molar-refractivity contribution is 6.03. The smallest absolute Gasteiger partial charge is 0.178 e. The van der Waals surface area contributed by atoms with Crippen LogP contribution in [0.15, 0.2) is 20.0 Å². The number of piperidine rings is 2. The van der Waals surface area contributed by atoms with Crippen LogP contribution in [-0.4, -0.2) is 267 Å². The quantitative estimate of drug-likeness (QED) is 0.0813. The summed E-state index contributed by atoms with van der Waals surface area (Å²) in [6, 6.07) is 2.19. The molecule has 6 aliphatic heterocycles. The lowest BCUT2D eigenvalue weighted by Gasteiger charge is -2.48. The highest BCUT2D eigenvalue weighted by atomic mass is 15.3. The van der Waals surface area contributed by atoms with Crippen molar-refractivity contribution in [3.63, 3.8) is 0 Å². The molecule has 4 saturated carbocycles. The molecule has 0 amide bonds. The van der Waals surface area contributed by atoms with Crippen molar-refractivity contribution in [1.82, 2.24) is 80.6 Å². The summed E-state index contributed by atoms with van der Waals surface area (Å²) in [5.74, 6) is 4.48. The van der Waals surface area contributed by atoms with Gasteiger partial charge in [0.15, 0.2) is 23.3 Å². The van der Waals surface area contributed by atoms with E-state index in [9.17, 15) is 0 Å². The summed E-state index contributed by atoms with van der Waals surface area (Å²) in [7, 11) is 0. The maximum Gasteiger partial charge on any atom is 0.178 e. The maximum absolute atomic E-state index is 5.95. The molecule has 2 aromatic rings. The Morgan fingerprint density at radius 2 is 0.515 bits per heavy atom. The molecule has 20 nitrogen and oxygen atoms in total. The van der Waals surface area contributed by atoms with Gasteiger partial charge in [-0.25, -0.2) is 29.9 Å². The summed E-state index contributed by atoms with van der Waals surface area (Å²) < 4.78 is 0. The molecule has 0 bridgehead atoms. The predicted molar refractivity (Wildman–Crippen MR) is 425 cm³/mol. The number of likely N-dealkylation sites (tertiary alicyclic amines) is 2. The summed E-state index contributed by atoms with van der Waals surface area (Å²) in [6.45, 7) is 52.5. The number of aromatic nitrogens is 6. The minimum Gasteiger partial charge on any atom is -0.304 e. The van der Waals surface area contributed by atoms with Crippen LogP contribution < -0.4 is 21.3 Å². The highest BCUT2D eigenvalue weighted by Crippen LogP contribution is 2.33. The van der Waals surface area contributed by atoms with Gasteiger partial charge >= 0.3 is 0 Å². The number of hydrogen-bond acceptors (Lipinski definition) is 20. The van der Waals surface area contributed by atoms with Crippen molar-refractivity contribution in [3.8, 4) is 0 Å². The molecule has 0 atom stereocenters. The number of nitrogens with one attached hydrogen (secondary N) is 4. The Labute approximate surface area is 624 Å².